The Bertz CT molecular complexity index is 787. The molecule has 0 saturated heterocycles. The predicted octanol–water partition coefficient (Wildman–Crippen LogP) is 5.21. The maximum absolute atomic E-state index is 12.9. The summed E-state index contributed by atoms with van der Waals surface area (Å²) in [5.41, 5.74) is -0.0703. The molecule has 0 heterocycles. The minimum Gasteiger partial charge on any atom is -0.294 e. The summed E-state index contributed by atoms with van der Waals surface area (Å²) in [4.78, 5) is 25.6. The molecule has 28 heavy (non-hydrogen) atoms. The van der Waals surface area contributed by atoms with Crippen molar-refractivity contribution in [1.29, 1.82) is 0 Å². The van der Waals surface area contributed by atoms with Gasteiger partial charge in [0.2, 0.25) is 0 Å². The van der Waals surface area contributed by atoms with E-state index in [4.69, 9.17) is 0 Å². The summed E-state index contributed by atoms with van der Waals surface area (Å²) >= 11 is 0. The van der Waals surface area contributed by atoms with Crippen molar-refractivity contribution in [3.05, 3.63) is 35.8 Å². The van der Waals surface area contributed by atoms with Gasteiger partial charge in [-0.2, -0.15) is 0 Å². The summed E-state index contributed by atoms with van der Waals surface area (Å²) in [6.07, 6.45) is 7.37. The molecule has 0 N–H and O–H groups in total. The van der Waals surface area contributed by atoms with Gasteiger partial charge in [0, 0.05) is 16.7 Å². The summed E-state index contributed by atoms with van der Waals surface area (Å²) < 4.78 is 23.0. The third-order valence-electron chi connectivity index (χ3n) is 5.69. The number of hydrogen-bond acceptors (Lipinski definition) is 4. The van der Waals surface area contributed by atoms with Crippen molar-refractivity contribution in [2.24, 2.45) is 16.7 Å². The minimum atomic E-state index is -3.43. The summed E-state index contributed by atoms with van der Waals surface area (Å²) in [5, 5.41) is 0.958. The van der Waals surface area contributed by atoms with Crippen LogP contribution in [0, 0.1) is 16.7 Å². The Morgan fingerprint density at radius 3 is 2.25 bits per heavy atom. The zero-order valence-electron chi connectivity index (χ0n) is 18.5. The largest absolute Gasteiger partial charge is 0.294 e. The lowest BCUT2D eigenvalue weighted by Gasteiger charge is -2.34. The van der Waals surface area contributed by atoms with E-state index in [1.165, 1.54) is 6.08 Å². The molecule has 0 aliphatic heterocycles. The molecule has 0 fully saturated rings. The maximum Gasteiger partial charge on any atom is 0.176 e. The number of sulfone groups is 1. The van der Waals surface area contributed by atoms with Gasteiger partial charge in [0.05, 0.1) is 4.75 Å². The van der Waals surface area contributed by atoms with Crippen LogP contribution < -0.4 is 0 Å². The highest BCUT2D eigenvalue weighted by Crippen LogP contribution is 2.39. The highest BCUT2D eigenvalue weighted by molar-refractivity contribution is 7.95. The summed E-state index contributed by atoms with van der Waals surface area (Å²) in [7, 11) is -3.43. The standard InChI is InChI=1S/C23H36O4S/c1-9-28(26,27)23(7,8)15-11-14-19(24)22(5,6)16-17-12-10-13-18(20(17)25)21(2,3)4/h9,11-12,14,18H,1,10,13,15-16H2,2-8H3/b14-11+. The number of hydrogen-bond donors (Lipinski definition) is 0. The van der Waals surface area contributed by atoms with Crippen molar-refractivity contribution in [1.82, 2.24) is 0 Å². The Kier molecular flexibility index (Phi) is 7.43. The van der Waals surface area contributed by atoms with Gasteiger partial charge in [-0.3, -0.25) is 9.59 Å². The van der Waals surface area contributed by atoms with Gasteiger partial charge in [-0.05, 0) is 56.6 Å². The number of carbonyl (C=O) groups is 2. The molecule has 4 nitrogen and oxygen atoms in total. The van der Waals surface area contributed by atoms with Crippen LogP contribution in [0.2, 0.25) is 0 Å². The fourth-order valence-corrected chi connectivity index (χ4v) is 4.23. The third kappa shape index (κ3) is 5.76. The number of rotatable bonds is 8. The van der Waals surface area contributed by atoms with E-state index in [1.54, 1.807) is 19.9 Å². The van der Waals surface area contributed by atoms with Crippen LogP contribution in [0.1, 0.15) is 74.1 Å². The van der Waals surface area contributed by atoms with Gasteiger partial charge in [0.15, 0.2) is 21.4 Å². The second kappa shape index (κ2) is 8.48. The Hall–Kier alpha value is -1.49. The fraction of sp³-hybridized carbons (Fsp3) is 0.652. The average Bonchev–Trinajstić information content (AvgIpc) is 2.55. The lowest BCUT2D eigenvalue weighted by Crippen LogP contribution is -2.34. The number of Topliss-reactive ketones (excluding diaryl/α,β-unsaturated/α-hetero) is 1. The first-order valence-corrected chi connectivity index (χ1v) is 11.4. The Morgan fingerprint density at radius 1 is 1.18 bits per heavy atom. The smallest absolute Gasteiger partial charge is 0.176 e. The van der Waals surface area contributed by atoms with Gasteiger partial charge in [-0.1, -0.05) is 53.3 Å². The van der Waals surface area contributed by atoms with Crippen LogP contribution in [0.25, 0.3) is 0 Å². The van der Waals surface area contributed by atoms with Crippen molar-refractivity contribution < 1.29 is 18.0 Å². The third-order valence-corrected chi connectivity index (χ3v) is 7.84. The topological polar surface area (TPSA) is 68.3 Å². The molecule has 5 heteroatoms. The summed E-state index contributed by atoms with van der Waals surface area (Å²) in [5.74, 6) is 0.0338. The van der Waals surface area contributed by atoms with Crippen molar-refractivity contribution in [2.75, 3.05) is 0 Å². The van der Waals surface area contributed by atoms with E-state index in [9.17, 15) is 18.0 Å². The predicted molar refractivity (Wildman–Crippen MR) is 116 cm³/mol. The molecule has 0 aromatic rings. The van der Waals surface area contributed by atoms with E-state index in [0.29, 0.717) is 6.42 Å². The van der Waals surface area contributed by atoms with Gasteiger partial charge in [-0.15, -0.1) is 0 Å². The monoisotopic (exact) mass is 408 g/mol. The first kappa shape index (κ1) is 24.5. The first-order valence-electron chi connectivity index (χ1n) is 9.86. The second-order valence-corrected chi connectivity index (χ2v) is 12.6. The lowest BCUT2D eigenvalue weighted by atomic mass is 9.68. The van der Waals surface area contributed by atoms with E-state index < -0.39 is 20.0 Å². The van der Waals surface area contributed by atoms with Crippen LogP contribution in [0.5, 0.6) is 0 Å². The Labute approximate surface area is 171 Å². The van der Waals surface area contributed by atoms with Gasteiger partial charge >= 0.3 is 0 Å². The van der Waals surface area contributed by atoms with E-state index in [0.717, 1.165) is 23.8 Å². The molecule has 1 unspecified atom stereocenters. The SMILES string of the molecule is C=CS(=O)(=O)C(C)(C)C/C=C/C(=O)C(C)(C)CC1=CCCC(C(C)(C)C)C1=O. The molecule has 1 atom stereocenters. The molecular weight excluding hydrogens is 372 g/mol. The van der Waals surface area contributed by atoms with E-state index >= 15 is 0 Å². The Balaban J connectivity index is 2.87. The van der Waals surface area contributed by atoms with Gasteiger partial charge in [0.25, 0.3) is 0 Å². The molecule has 0 aromatic carbocycles. The van der Waals surface area contributed by atoms with E-state index in [1.807, 2.05) is 19.9 Å². The maximum atomic E-state index is 12.9. The number of ketones is 2. The quantitative estimate of drug-likeness (QED) is 0.517. The van der Waals surface area contributed by atoms with Crippen LogP contribution >= 0.6 is 0 Å². The highest BCUT2D eigenvalue weighted by atomic mass is 32.2. The molecule has 1 aliphatic rings. The number of carbonyl (C=O) groups excluding carboxylic acids is 2. The van der Waals surface area contributed by atoms with Gasteiger partial charge in [0.1, 0.15) is 0 Å². The van der Waals surface area contributed by atoms with Crippen LogP contribution in [-0.4, -0.2) is 24.7 Å². The van der Waals surface area contributed by atoms with Crippen LogP contribution in [0.15, 0.2) is 35.8 Å². The minimum absolute atomic E-state index is 0.0150. The molecule has 158 valence electrons. The molecule has 1 rings (SSSR count). The van der Waals surface area contributed by atoms with Crippen molar-refractivity contribution in [2.45, 2.75) is 78.9 Å². The molecule has 0 bridgehead atoms. The van der Waals surface area contributed by atoms with Crippen molar-refractivity contribution in [3.8, 4) is 0 Å². The van der Waals surface area contributed by atoms with Crippen LogP contribution in [-0.2, 0) is 19.4 Å². The van der Waals surface area contributed by atoms with Crippen molar-refractivity contribution in [3.63, 3.8) is 0 Å². The summed E-state index contributed by atoms with van der Waals surface area (Å²) in [6, 6.07) is 0. The molecule has 0 saturated carbocycles. The van der Waals surface area contributed by atoms with Gasteiger partial charge < -0.3 is 0 Å². The molecule has 0 amide bonds. The zero-order valence-corrected chi connectivity index (χ0v) is 19.3. The van der Waals surface area contributed by atoms with Crippen molar-refractivity contribution >= 4 is 21.4 Å². The average molecular weight is 409 g/mol. The Morgan fingerprint density at radius 2 is 1.75 bits per heavy atom. The lowest BCUT2D eigenvalue weighted by molar-refractivity contribution is -0.124. The van der Waals surface area contributed by atoms with Gasteiger partial charge in [-0.25, -0.2) is 8.42 Å². The summed E-state index contributed by atoms with van der Waals surface area (Å²) in [6.45, 7) is 16.5. The molecular formula is C23H36O4S. The van der Waals surface area contributed by atoms with E-state index in [-0.39, 0.29) is 29.3 Å². The number of allylic oxidation sites excluding steroid dienone is 4. The van der Waals surface area contributed by atoms with Crippen LogP contribution in [0.4, 0.5) is 0 Å². The zero-order chi connectivity index (χ0) is 22.0. The first-order chi connectivity index (χ1) is 12.5. The highest BCUT2D eigenvalue weighted by Gasteiger charge is 2.37. The molecule has 0 spiro atoms. The van der Waals surface area contributed by atoms with E-state index in [2.05, 4.69) is 27.4 Å². The normalized spacial score (nSPS) is 19.6. The molecule has 1 aliphatic carbocycles. The van der Waals surface area contributed by atoms with Crippen LogP contribution in [0.3, 0.4) is 0 Å². The molecule has 0 aromatic heterocycles. The molecule has 0 radical (unpaired) electrons. The second-order valence-electron chi connectivity index (χ2n) is 10.1. The fourth-order valence-electron chi connectivity index (χ4n) is 3.45.